The van der Waals surface area contributed by atoms with E-state index in [4.69, 9.17) is 28.3 Å². The molecule has 0 bridgehead atoms. The average Bonchev–Trinajstić information content (AvgIpc) is 3.20. The summed E-state index contributed by atoms with van der Waals surface area (Å²) in [4.78, 5) is 0. The highest BCUT2D eigenvalue weighted by Gasteiger charge is 2.17. The number of benzene rings is 3. The van der Waals surface area contributed by atoms with Crippen LogP contribution < -0.4 is 0 Å². The summed E-state index contributed by atoms with van der Waals surface area (Å²) in [5, 5.41) is 16.1. The van der Waals surface area contributed by atoms with E-state index in [9.17, 15) is 0 Å². The number of hydrogen-bond acceptors (Lipinski definition) is 3. The first kappa shape index (κ1) is 17.9. The Labute approximate surface area is 177 Å². The molecule has 0 N–H and O–H groups in total. The Morgan fingerprint density at radius 3 is 2.14 bits per heavy atom. The second kappa shape index (κ2) is 7.32. The summed E-state index contributed by atoms with van der Waals surface area (Å²) in [5.41, 5.74) is 5.02. The van der Waals surface area contributed by atoms with Crippen molar-refractivity contribution in [3.8, 4) is 28.2 Å². The lowest BCUT2D eigenvalue weighted by atomic mass is 10.1. The number of hydrogen-bond donors (Lipinski definition) is 0. The summed E-state index contributed by atoms with van der Waals surface area (Å²) in [7, 11) is 0. The average molecular weight is 417 g/mol. The van der Waals surface area contributed by atoms with Crippen LogP contribution in [0.25, 0.3) is 39.1 Å². The van der Waals surface area contributed by atoms with E-state index in [1.54, 1.807) is 0 Å². The molecule has 0 amide bonds. The zero-order valence-electron chi connectivity index (χ0n) is 15.1. The lowest BCUT2D eigenvalue weighted by Gasteiger charge is -2.05. The van der Waals surface area contributed by atoms with Crippen molar-refractivity contribution in [3.63, 3.8) is 0 Å². The Hall–Kier alpha value is -3.21. The topological polar surface area (TPSA) is 43.6 Å². The van der Waals surface area contributed by atoms with Gasteiger partial charge in [0, 0.05) is 27.4 Å². The van der Waals surface area contributed by atoms with E-state index in [0.29, 0.717) is 10.0 Å². The van der Waals surface area contributed by atoms with Gasteiger partial charge in [-0.2, -0.15) is 5.10 Å². The van der Waals surface area contributed by atoms with E-state index < -0.39 is 0 Å². The molecular weight excluding hydrogens is 403 g/mol. The Kier molecular flexibility index (Phi) is 4.51. The molecule has 5 rings (SSSR count). The first-order valence-corrected chi connectivity index (χ1v) is 9.78. The van der Waals surface area contributed by atoms with Crippen LogP contribution in [0.15, 0.2) is 85.1 Å². The van der Waals surface area contributed by atoms with Gasteiger partial charge < -0.3 is 0 Å². The predicted octanol–water partition coefficient (Wildman–Crippen LogP) is 6.46. The lowest BCUT2D eigenvalue weighted by molar-refractivity contribution is 0.895. The summed E-state index contributed by atoms with van der Waals surface area (Å²) < 4.78 is 1.81. The molecule has 0 saturated heterocycles. The summed E-state index contributed by atoms with van der Waals surface area (Å²) in [5.74, 6) is 0. The van der Waals surface area contributed by atoms with Crippen molar-refractivity contribution in [2.45, 2.75) is 0 Å². The van der Waals surface area contributed by atoms with Gasteiger partial charge in [0.1, 0.15) is 16.9 Å². The van der Waals surface area contributed by atoms with Crippen molar-refractivity contribution < 1.29 is 0 Å². The molecule has 0 spiro atoms. The van der Waals surface area contributed by atoms with Crippen LogP contribution in [0.3, 0.4) is 0 Å². The molecule has 4 nitrogen and oxygen atoms in total. The van der Waals surface area contributed by atoms with Gasteiger partial charge in [-0.3, -0.25) is 0 Å². The number of halogens is 2. The second-order valence-corrected chi connectivity index (χ2v) is 7.46. The van der Waals surface area contributed by atoms with Gasteiger partial charge in [-0.05, 0) is 30.3 Å². The largest absolute Gasteiger partial charge is 0.240 e. The summed E-state index contributed by atoms with van der Waals surface area (Å²) >= 11 is 12.2. The van der Waals surface area contributed by atoms with Crippen molar-refractivity contribution in [1.82, 2.24) is 20.0 Å². The van der Waals surface area contributed by atoms with Crippen LogP contribution in [-0.2, 0) is 0 Å². The fraction of sp³-hybridized carbons (Fsp3) is 0. The van der Waals surface area contributed by atoms with Crippen LogP contribution in [0.5, 0.6) is 0 Å². The molecule has 140 valence electrons. The van der Waals surface area contributed by atoms with Crippen LogP contribution >= 0.6 is 23.2 Å². The van der Waals surface area contributed by atoms with Crippen molar-refractivity contribution in [2.24, 2.45) is 0 Å². The Balaban J connectivity index is 1.78. The molecule has 0 radical (unpaired) electrons. The fourth-order valence-corrected chi connectivity index (χ4v) is 3.60. The molecule has 0 atom stereocenters. The number of rotatable bonds is 3. The van der Waals surface area contributed by atoms with Crippen molar-refractivity contribution in [1.29, 1.82) is 0 Å². The molecule has 2 heterocycles. The van der Waals surface area contributed by atoms with Crippen LogP contribution in [0, 0.1) is 0 Å². The van der Waals surface area contributed by atoms with E-state index in [0.717, 1.165) is 39.1 Å². The molecule has 0 unspecified atom stereocenters. The quantitative estimate of drug-likeness (QED) is 0.339. The van der Waals surface area contributed by atoms with Gasteiger partial charge in [0.2, 0.25) is 0 Å². The molecule has 0 aliphatic carbocycles. The SMILES string of the molecule is Clc1ccc(-c2nnc(-c3ccccc3)c3nn(-c4cccc(Cl)c4)cc23)cc1. The molecule has 0 saturated carbocycles. The highest BCUT2D eigenvalue weighted by Crippen LogP contribution is 2.32. The minimum atomic E-state index is 0.652. The zero-order valence-corrected chi connectivity index (χ0v) is 16.6. The van der Waals surface area contributed by atoms with Crippen LogP contribution in [0.1, 0.15) is 0 Å². The smallest absolute Gasteiger partial charge is 0.123 e. The third kappa shape index (κ3) is 3.37. The van der Waals surface area contributed by atoms with E-state index >= 15 is 0 Å². The predicted molar refractivity (Wildman–Crippen MR) is 118 cm³/mol. The number of aromatic nitrogens is 4. The van der Waals surface area contributed by atoms with Gasteiger partial charge in [-0.25, -0.2) is 4.68 Å². The molecule has 5 aromatic rings. The monoisotopic (exact) mass is 416 g/mol. The summed E-state index contributed by atoms with van der Waals surface area (Å²) in [6.45, 7) is 0. The molecule has 3 aromatic carbocycles. The van der Waals surface area contributed by atoms with Gasteiger partial charge in [-0.15, -0.1) is 10.2 Å². The van der Waals surface area contributed by atoms with Gasteiger partial charge >= 0.3 is 0 Å². The van der Waals surface area contributed by atoms with Gasteiger partial charge in [-0.1, -0.05) is 71.7 Å². The molecule has 0 fully saturated rings. The molecular formula is C23H14Cl2N4. The maximum Gasteiger partial charge on any atom is 0.123 e. The minimum Gasteiger partial charge on any atom is -0.240 e. The normalized spacial score (nSPS) is 11.1. The maximum absolute atomic E-state index is 6.18. The third-order valence-corrected chi connectivity index (χ3v) is 5.17. The minimum absolute atomic E-state index is 0.652. The standard InChI is InChI=1S/C23H14Cl2N4/c24-17-11-9-16(10-12-17)21-20-14-29(19-8-4-7-18(25)13-19)28-23(20)22(27-26-21)15-5-2-1-3-6-15/h1-14H. The van der Waals surface area contributed by atoms with Gasteiger partial charge in [0.25, 0.3) is 0 Å². The number of fused-ring (bicyclic) bond motifs is 1. The first-order valence-electron chi connectivity index (χ1n) is 9.02. The second-order valence-electron chi connectivity index (χ2n) is 6.59. The molecule has 6 heteroatoms. The molecule has 0 aliphatic heterocycles. The summed E-state index contributed by atoms with van der Waals surface area (Å²) in [6, 6.07) is 25.1. The number of nitrogens with zero attached hydrogens (tertiary/aromatic N) is 4. The van der Waals surface area contributed by atoms with E-state index in [1.165, 1.54) is 0 Å². The van der Waals surface area contributed by atoms with E-state index in [2.05, 4.69) is 10.2 Å². The molecule has 2 aromatic heterocycles. The Morgan fingerprint density at radius 2 is 1.38 bits per heavy atom. The van der Waals surface area contributed by atoms with Crippen LogP contribution in [-0.4, -0.2) is 20.0 Å². The lowest BCUT2D eigenvalue weighted by Crippen LogP contribution is -1.95. The van der Waals surface area contributed by atoms with Gasteiger partial charge in [0.05, 0.1) is 11.1 Å². The van der Waals surface area contributed by atoms with Crippen molar-refractivity contribution >= 4 is 34.1 Å². The summed E-state index contributed by atoms with van der Waals surface area (Å²) in [6.07, 6.45) is 1.96. The van der Waals surface area contributed by atoms with Crippen LogP contribution in [0.2, 0.25) is 10.0 Å². The Bertz CT molecular complexity index is 1310. The molecule has 0 aliphatic rings. The molecule has 29 heavy (non-hydrogen) atoms. The van der Waals surface area contributed by atoms with E-state index in [1.807, 2.05) is 89.7 Å². The van der Waals surface area contributed by atoms with Crippen molar-refractivity contribution in [3.05, 3.63) is 95.1 Å². The van der Waals surface area contributed by atoms with Crippen molar-refractivity contribution in [2.75, 3.05) is 0 Å². The highest BCUT2D eigenvalue weighted by atomic mass is 35.5. The third-order valence-electron chi connectivity index (χ3n) is 4.68. The highest BCUT2D eigenvalue weighted by molar-refractivity contribution is 6.31. The first-order chi connectivity index (χ1) is 14.2. The maximum atomic E-state index is 6.18. The Morgan fingerprint density at radius 1 is 0.655 bits per heavy atom. The fourth-order valence-electron chi connectivity index (χ4n) is 3.29. The van der Waals surface area contributed by atoms with Gasteiger partial charge in [0.15, 0.2) is 0 Å². The van der Waals surface area contributed by atoms with E-state index in [-0.39, 0.29) is 0 Å². The van der Waals surface area contributed by atoms with Crippen LogP contribution in [0.4, 0.5) is 0 Å². The zero-order chi connectivity index (χ0) is 19.8.